The lowest BCUT2D eigenvalue weighted by Crippen LogP contribution is -2.32. The number of aliphatic hydroxyl groups is 1. The fourth-order valence-electron chi connectivity index (χ4n) is 1.44. The molecule has 1 unspecified atom stereocenters. The molecular weight excluding hydrogens is 178 g/mol. The van der Waals surface area contributed by atoms with Crippen molar-refractivity contribution in [2.45, 2.75) is 12.5 Å². The molecule has 0 fully saturated rings. The highest BCUT2D eigenvalue weighted by atomic mass is 16.3. The van der Waals surface area contributed by atoms with Crippen LogP contribution in [0.2, 0.25) is 0 Å². The molecule has 0 aromatic carbocycles. The highest BCUT2D eigenvalue weighted by Crippen LogP contribution is 2.19. The highest BCUT2D eigenvalue weighted by Gasteiger charge is 2.24. The first kappa shape index (κ1) is 9.18. The topological polar surface area (TPSA) is 63.5 Å². The first-order valence-corrected chi connectivity index (χ1v) is 4.50. The summed E-state index contributed by atoms with van der Waals surface area (Å²) in [6.45, 7) is 1.86. The predicted octanol–water partition coefficient (Wildman–Crippen LogP) is 0.500. The van der Waals surface area contributed by atoms with Crippen LogP contribution in [0.15, 0.2) is 30.6 Å². The number of aromatic nitrogens is 2. The van der Waals surface area contributed by atoms with Crippen LogP contribution in [0.25, 0.3) is 5.65 Å². The second-order valence-corrected chi connectivity index (χ2v) is 3.55. The zero-order valence-corrected chi connectivity index (χ0v) is 8.01. The van der Waals surface area contributed by atoms with Crippen molar-refractivity contribution >= 4 is 5.65 Å². The molecule has 3 N–H and O–H groups in total. The van der Waals surface area contributed by atoms with Gasteiger partial charge in [0.1, 0.15) is 11.2 Å². The van der Waals surface area contributed by atoms with Gasteiger partial charge in [0.2, 0.25) is 0 Å². The van der Waals surface area contributed by atoms with Gasteiger partial charge < -0.3 is 15.2 Å². The van der Waals surface area contributed by atoms with E-state index in [4.69, 9.17) is 5.73 Å². The molecule has 14 heavy (non-hydrogen) atoms. The Labute approximate surface area is 82.0 Å². The summed E-state index contributed by atoms with van der Waals surface area (Å²) in [5.74, 6) is 0. The molecule has 4 heteroatoms. The number of hydrogen-bond acceptors (Lipinski definition) is 3. The summed E-state index contributed by atoms with van der Waals surface area (Å²) < 4.78 is 1.84. The summed E-state index contributed by atoms with van der Waals surface area (Å²) in [4.78, 5) is 4.18. The van der Waals surface area contributed by atoms with Gasteiger partial charge in [-0.2, -0.15) is 0 Å². The Bertz CT molecular complexity index is 447. The van der Waals surface area contributed by atoms with Crippen molar-refractivity contribution in [3.05, 3.63) is 36.3 Å². The van der Waals surface area contributed by atoms with Gasteiger partial charge in [-0.1, -0.05) is 6.07 Å². The average molecular weight is 191 g/mol. The van der Waals surface area contributed by atoms with E-state index in [0.29, 0.717) is 0 Å². The largest absolute Gasteiger partial charge is 0.383 e. The van der Waals surface area contributed by atoms with Crippen molar-refractivity contribution in [3.63, 3.8) is 0 Å². The maximum absolute atomic E-state index is 10.00. The zero-order valence-electron chi connectivity index (χ0n) is 8.01. The maximum Gasteiger partial charge on any atom is 0.136 e. The summed E-state index contributed by atoms with van der Waals surface area (Å²) in [5.41, 5.74) is 6.00. The molecular formula is C10H13N3O. The van der Waals surface area contributed by atoms with Crippen LogP contribution in [0, 0.1) is 0 Å². The fourth-order valence-corrected chi connectivity index (χ4v) is 1.44. The Morgan fingerprint density at radius 1 is 1.57 bits per heavy atom. The predicted molar refractivity (Wildman–Crippen MR) is 53.8 cm³/mol. The molecule has 2 rings (SSSR count). The summed E-state index contributed by atoms with van der Waals surface area (Å²) >= 11 is 0. The first-order chi connectivity index (χ1) is 6.65. The minimum atomic E-state index is -1.03. The number of fused-ring (bicyclic) bond motifs is 1. The van der Waals surface area contributed by atoms with Gasteiger partial charge in [-0.3, -0.25) is 0 Å². The minimum Gasteiger partial charge on any atom is -0.383 e. The number of rotatable bonds is 2. The standard InChI is InChI=1S/C10H13N3O/c1-10(14,7-11)8-6-12-9-4-2-3-5-13(8)9/h2-6,14H,7,11H2,1H3. The van der Waals surface area contributed by atoms with Crippen molar-refractivity contribution in [3.8, 4) is 0 Å². The van der Waals surface area contributed by atoms with E-state index in [1.54, 1.807) is 13.1 Å². The molecule has 0 radical (unpaired) electrons. The summed E-state index contributed by atoms with van der Waals surface area (Å²) in [6.07, 6.45) is 3.52. The Morgan fingerprint density at radius 2 is 2.36 bits per heavy atom. The van der Waals surface area contributed by atoms with E-state index in [1.165, 1.54) is 0 Å². The van der Waals surface area contributed by atoms with E-state index >= 15 is 0 Å². The Hall–Kier alpha value is -1.39. The Balaban J connectivity index is 2.64. The number of hydrogen-bond donors (Lipinski definition) is 2. The molecule has 0 bridgehead atoms. The molecule has 2 aromatic heterocycles. The lowest BCUT2D eigenvalue weighted by atomic mass is 10.0. The van der Waals surface area contributed by atoms with Crippen LogP contribution >= 0.6 is 0 Å². The minimum absolute atomic E-state index is 0.176. The van der Waals surface area contributed by atoms with Crippen molar-refractivity contribution < 1.29 is 5.11 Å². The summed E-state index contributed by atoms with van der Waals surface area (Å²) in [5, 5.41) is 10.00. The molecule has 4 nitrogen and oxygen atoms in total. The first-order valence-electron chi connectivity index (χ1n) is 4.50. The highest BCUT2D eigenvalue weighted by molar-refractivity contribution is 5.41. The van der Waals surface area contributed by atoms with Gasteiger partial charge in [0.25, 0.3) is 0 Å². The molecule has 0 spiro atoms. The van der Waals surface area contributed by atoms with Gasteiger partial charge in [0.15, 0.2) is 0 Å². The van der Waals surface area contributed by atoms with Crippen molar-refractivity contribution in [2.24, 2.45) is 5.73 Å². The van der Waals surface area contributed by atoms with Gasteiger partial charge >= 0.3 is 0 Å². The van der Waals surface area contributed by atoms with E-state index in [9.17, 15) is 5.11 Å². The van der Waals surface area contributed by atoms with Crippen LogP contribution in [-0.4, -0.2) is 21.0 Å². The second kappa shape index (κ2) is 3.08. The smallest absolute Gasteiger partial charge is 0.136 e. The second-order valence-electron chi connectivity index (χ2n) is 3.55. The van der Waals surface area contributed by atoms with Gasteiger partial charge in [-0.15, -0.1) is 0 Å². The van der Waals surface area contributed by atoms with Crippen LogP contribution in [0.1, 0.15) is 12.6 Å². The number of nitrogens with two attached hydrogens (primary N) is 1. The maximum atomic E-state index is 10.00. The van der Waals surface area contributed by atoms with Crippen LogP contribution in [-0.2, 0) is 5.60 Å². The SMILES string of the molecule is CC(O)(CN)c1cnc2ccccn12. The van der Waals surface area contributed by atoms with Crippen LogP contribution in [0.5, 0.6) is 0 Å². The van der Waals surface area contributed by atoms with Gasteiger partial charge in [0, 0.05) is 12.7 Å². The lowest BCUT2D eigenvalue weighted by Gasteiger charge is -2.20. The van der Waals surface area contributed by atoms with Crippen LogP contribution in [0.4, 0.5) is 0 Å². The third kappa shape index (κ3) is 1.29. The van der Waals surface area contributed by atoms with E-state index in [-0.39, 0.29) is 6.54 Å². The zero-order chi connectivity index (χ0) is 10.2. The average Bonchev–Trinajstić information content (AvgIpc) is 2.61. The molecule has 0 aliphatic heterocycles. The number of pyridine rings is 1. The summed E-state index contributed by atoms with van der Waals surface area (Å²) in [7, 11) is 0. The van der Waals surface area contributed by atoms with Crippen molar-refractivity contribution in [1.82, 2.24) is 9.38 Å². The third-order valence-corrected chi connectivity index (χ3v) is 2.37. The lowest BCUT2D eigenvalue weighted by molar-refractivity contribution is 0.0613. The normalized spacial score (nSPS) is 15.6. The summed E-state index contributed by atoms with van der Waals surface area (Å²) in [6, 6.07) is 5.68. The van der Waals surface area contributed by atoms with E-state index in [0.717, 1.165) is 11.3 Å². The molecule has 1 atom stereocenters. The third-order valence-electron chi connectivity index (χ3n) is 2.37. The Kier molecular flexibility index (Phi) is 2.02. The monoisotopic (exact) mass is 191 g/mol. The molecule has 0 saturated carbocycles. The van der Waals surface area contributed by atoms with Crippen LogP contribution in [0.3, 0.4) is 0 Å². The van der Waals surface area contributed by atoms with Gasteiger partial charge in [-0.25, -0.2) is 4.98 Å². The van der Waals surface area contributed by atoms with Gasteiger partial charge in [0.05, 0.1) is 11.9 Å². The molecule has 0 aliphatic rings. The van der Waals surface area contributed by atoms with E-state index < -0.39 is 5.60 Å². The quantitative estimate of drug-likeness (QED) is 0.726. The number of imidazole rings is 1. The van der Waals surface area contributed by atoms with E-state index in [1.807, 2.05) is 28.8 Å². The molecule has 0 amide bonds. The van der Waals surface area contributed by atoms with E-state index in [2.05, 4.69) is 4.98 Å². The molecule has 0 saturated heterocycles. The fraction of sp³-hybridized carbons (Fsp3) is 0.300. The molecule has 0 aliphatic carbocycles. The molecule has 2 heterocycles. The van der Waals surface area contributed by atoms with Crippen molar-refractivity contribution in [1.29, 1.82) is 0 Å². The number of nitrogens with zero attached hydrogens (tertiary/aromatic N) is 2. The van der Waals surface area contributed by atoms with Crippen LogP contribution < -0.4 is 5.73 Å². The van der Waals surface area contributed by atoms with Gasteiger partial charge in [-0.05, 0) is 19.1 Å². The Morgan fingerprint density at radius 3 is 3.07 bits per heavy atom. The molecule has 2 aromatic rings. The van der Waals surface area contributed by atoms with Crippen molar-refractivity contribution in [2.75, 3.05) is 6.54 Å². The molecule has 74 valence electrons.